The summed E-state index contributed by atoms with van der Waals surface area (Å²) in [5.41, 5.74) is 6.85. The zero-order chi connectivity index (χ0) is 14.9. The van der Waals surface area contributed by atoms with Gasteiger partial charge in [0.05, 0.1) is 11.0 Å². The third kappa shape index (κ3) is 3.09. The van der Waals surface area contributed by atoms with Crippen molar-refractivity contribution in [3.63, 3.8) is 0 Å². The maximum Gasteiger partial charge on any atom is 0.243 e. The van der Waals surface area contributed by atoms with E-state index in [2.05, 4.69) is 0 Å². The molecule has 0 aliphatic carbocycles. The maximum atomic E-state index is 12.5. The van der Waals surface area contributed by atoms with E-state index in [9.17, 15) is 8.42 Å². The van der Waals surface area contributed by atoms with Crippen LogP contribution in [0.3, 0.4) is 0 Å². The van der Waals surface area contributed by atoms with Crippen molar-refractivity contribution in [2.24, 2.45) is 0 Å². The third-order valence-corrected chi connectivity index (χ3v) is 5.74. The largest absolute Gasteiger partial charge is 0.398 e. The van der Waals surface area contributed by atoms with E-state index in [0.29, 0.717) is 29.4 Å². The van der Waals surface area contributed by atoms with Gasteiger partial charge in [0.2, 0.25) is 10.0 Å². The summed E-state index contributed by atoms with van der Waals surface area (Å²) in [6.07, 6.45) is 1.83. The Kier molecular flexibility index (Phi) is 4.59. The molecule has 5 nitrogen and oxygen atoms in total. The second-order valence-electron chi connectivity index (χ2n) is 5.04. The molecule has 0 amide bonds. The molecule has 0 aromatic heterocycles. The predicted molar refractivity (Wildman–Crippen MR) is 79.4 cm³/mol. The van der Waals surface area contributed by atoms with Crippen molar-refractivity contribution in [1.82, 2.24) is 4.31 Å². The lowest BCUT2D eigenvalue weighted by atomic mass is 10.2. The number of nitrogens with zero attached hydrogens (tertiary/aromatic N) is 1. The highest BCUT2D eigenvalue weighted by Gasteiger charge is 2.26. The smallest absolute Gasteiger partial charge is 0.243 e. The SMILES string of the molecule is Cc1c(N)cc(S(=O)(=O)N(C)CC2CCCO2)cc1Cl. The van der Waals surface area contributed by atoms with E-state index in [4.69, 9.17) is 22.1 Å². The number of nitrogen functional groups attached to an aromatic ring is 1. The number of halogens is 1. The number of hydrogen-bond acceptors (Lipinski definition) is 4. The number of anilines is 1. The summed E-state index contributed by atoms with van der Waals surface area (Å²) in [4.78, 5) is 0.117. The van der Waals surface area contributed by atoms with Crippen LogP contribution in [0.4, 0.5) is 5.69 Å². The molecule has 1 aliphatic rings. The summed E-state index contributed by atoms with van der Waals surface area (Å²) in [5, 5.41) is 0.356. The van der Waals surface area contributed by atoms with Crippen LogP contribution in [-0.2, 0) is 14.8 Å². The van der Waals surface area contributed by atoms with Gasteiger partial charge in [-0.3, -0.25) is 0 Å². The fraction of sp³-hybridized carbons (Fsp3) is 0.538. The van der Waals surface area contributed by atoms with Gasteiger partial charge in [-0.1, -0.05) is 11.6 Å². The molecule has 1 heterocycles. The standard InChI is InChI=1S/C13H19ClN2O3S/c1-9-12(14)6-11(7-13(9)15)20(17,18)16(2)8-10-4-3-5-19-10/h6-7,10H,3-5,8,15H2,1-2H3. The Balaban J connectivity index is 2.25. The van der Waals surface area contributed by atoms with Gasteiger partial charge < -0.3 is 10.5 Å². The fourth-order valence-electron chi connectivity index (χ4n) is 2.18. The molecule has 0 saturated carbocycles. The lowest BCUT2D eigenvalue weighted by Crippen LogP contribution is -2.34. The molecule has 0 radical (unpaired) electrons. The molecule has 0 spiro atoms. The van der Waals surface area contributed by atoms with Crippen LogP contribution in [0, 0.1) is 6.92 Å². The van der Waals surface area contributed by atoms with E-state index in [1.165, 1.54) is 16.4 Å². The zero-order valence-electron chi connectivity index (χ0n) is 11.6. The van der Waals surface area contributed by atoms with Gasteiger partial charge in [0.15, 0.2) is 0 Å². The molecule has 2 rings (SSSR count). The van der Waals surface area contributed by atoms with Crippen LogP contribution in [0.25, 0.3) is 0 Å². The van der Waals surface area contributed by atoms with E-state index >= 15 is 0 Å². The number of rotatable bonds is 4. The highest BCUT2D eigenvalue weighted by atomic mass is 35.5. The van der Waals surface area contributed by atoms with E-state index in [-0.39, 0.29) is 11.0 Å². The molecule has 1 fully saturated rings. The summed E-state index contributed by atoms with van der Waals surface area (Å²) in [7, 11) is -2.06. The Morgan fingerprint density at radius 2 is 2.20 bits per heavy atom. The van der Waals surface area contributed by atoms with Crippen LogP contribution >= 0.6 is 11.6 Å². The molecule has 0 bridgehead atoms. The van der Waals surface area contributed by atoms with Gasteiger partial charge in [-0.05, 0) is 37.5 Å². The van der Waals surface area contributed by atoms with E-state index in [1.54, 1.807) is 14.0 Å². The molecule has 7 heteroatoms. The van der Waals surface area contributed by atoms with Gasteiger partial charge in [0, 0.05) is 30.9 Å². The van der Waals surface area contributed by atoms with Crippen LogP contribution in [-0.4, -0.2) is 39.0 Å². The van der Waals surface area contributed by atoms with Crippen molar-refractivity contribution in [1.29, 1.82) is 0 Å². The molecule has 1 atom stereocenters. The Bertz CT molecular complexity index is 575. The molecule has 1 saturated heterocycles. The predicted octanol–water partition coefficient (Wildman–Crippen LogP) is 2.03. The molecular formula is C13H19ClN2O3S. The van der Waals surface area contributed by atoms with Gasteiger partial charge in [0.25, 0.3) is 0 Å². The van der Waals surface area contributed by atoms with E-state index in [1.807, 2.05) is 0 Å². The maximum absolute atomic E-state index is 12.5. The first-order chi connectivity index (χ1) is 9.32. The summed E-state index contributed by atoms with van der Waals surface area (Å²) < 4.78 is 31.7. The first-order valence-electron chi connectivity index (χ1n) is 6.46. The Morgan fingerprint density at radius 3 is 2.75 bits per heavy atom. The first-order valence-corrected chi connectivity index (χ1v) is 8.27. The Labute approximate surface area is 124 Å². The summed E-state index contributed by atoms with van der Waals surface area (Å²) >= 11 is 6.01. The molecule has 112 valence electrons. The average Bonchev–Trinajstić information content (AvgIpc) is 2.88. The van der Waals surface area contributed by atoms with E-state index in [0.717, 1.165) is 12.8 Å². The number of benzene rings is 1. The van der Waals surface area contributed by atoms with Gasteiger partial charge in [0.1, 0.15) is 0 Å². The first kappa shape index (κ1) is 15.6. The Morgan fingerprint density at radius 1 is 1.50 bits per heavy atom. The third-order valence-electron chi connectivity index (χ3n) is 3.55. The fourth-order valence-corrected chi connectivity index (χ4v) is 3.73. The number of sulfonamides is 1. The highest BCUT2D eigenvalue weighted by Crippen LogP contribution is 2.27. The minimum atomic E-state index is -3.60. The highest BCUT2D eigenvalue weighted by molar-refractivity contribution is 7.89. The lowest BCUT2D eigenvalue weighted by Gasteiger charge is -2.21. The second kappa shape index (κ2) is 5.89. The van der Waals surface area contributed by atoms with Gasteiger partial charge in [-0.2, -0.15) is 4.31 Å². The van der Waals surface area contributed by atoms with Gasteiger partial charge >= 0.3 is 0 Å². The molecule has 2 N–H and O–H groups in total. The Hall–Kier alpha value is -0.820. The normalized spacial score (nSPS) is 19.7. The number of hydrogen-bond donors (Lipinski definition) is 1. The summed E-state index contributed by atoms with van der Waals surface area (Å²) in [6.45, 7) is 2.79. The summed E-state index contributed by atoms with van der Waals surface area (Å²) in [6, 6.07) is 2.89. The second-order valence-corrected chi connectivity index (χ2v) is 7.49. The van der Waals surface area contributed by atoms with Crippen molar-refractivity contribution in [2.75, 3.05) is 25.9 Å². The van der Waals surface area contributed by atoms with E-state index < -0.39 is 10.0 Å². The van der Waals surface area contributed by atoms with Crippen molar-refractivity contribution in [3.05, 3.63) is 22.7 Å². The molecule has 1 aromatic rings. The zero-order valence-corrected chi connectivity index (χ0v) is 13.2. The molecular weight excluding hydrogens is 300 g/mol. The van der Waals surface area contributed by atoms with Crippen LogP contribution in [0.5, 0.6) is 0 Å². The minimum Gasteiger partial charge on any atom is -0.398 e. The quantitative estimate of drug-likeness (QED) is 0.862. The molecule has 1 aliphatic heterocycles. The molecule has 20 heavy (non-hydrogen) atoms. The van der Waals surface area contributed by atoms with Crippen LogP contribution in [0.15, 0.2) is 17.0 Å². The topological polar surface area (TPSA) is 72.6 Å². The van der Waals surface area contributed by atoms with Crippen LogP contribution in [0.1, 0.15) is 18.4 Å². The van der Waals surface area contributed by atoms with Crippen molar-refractivity contribution in [3.8, 4) is 0 Å². The van der Waals surface area contributed by atoms with Gasteiger partial charge in [-0.25, -0.2) is 8.42 Å². The molecule has 1 aromatic carbocycles. The molecule has 1 unspecified atom stereocenters. The van der Waals surface area contributed by atoms with Crippen molar-refractivity contribution < 1.29 is 13.2 Å². The van der Waals surface area contributed by atoms with Crippen molar-refractivity contribution in [2.45, 2.75) is 30.8 Å². The van der Waals surface area contributed by atoms with Crippen molar-refractivity contribution >= 4 is 27.3 Å². The number of likely N-dealkylation sites (N-methyl/N-ethyl adjacent to an activating group) is 1. The van der Waals surface area contributed by atoms with Crippen LogP contribution < -0.4 is 5.73 Å². The number of ether oxygens (including phenoxy) is 1. The van der Waals surface area contributed by atoms with Crippen LogP contribution in [0.2, 0.25) is 5.02 Å². The summed E-state index contributed by atoms with van der Waals surface area (Å²) in [5.74, 6) is 0. The minimum absolute atomic E-state index is 0.0342. The lowest BCUT2D eigenvalue weighted by molar-refractivity contribution is 0.0979. The number of nitrogens with two attached hydrogens (primary N) is 1. The average molecular weight is 319 g/mol. The van der Waals surface area contributed by atoms with Gasteiger partial charge in [-0.15, -0.1) is 0 Å². The monoisotopic (exact) mass is 318 g/mol.